The van der Waals surface area contributed by atoms with E-state index < -0.39 is 11.9 Å². The maximum atomic E-state index is 12.1. The van der Waals surface area contributed by atoms with Gasteiger partial charge in [-0.25, -0.2) is 0 Å². The Balaban J connectivity index is 2.06. The van der Waals surface area contributed by atoms with Gasteiger partial charge < -0.3 is 15.5 Å². The Hall–Kier alpha value is -1.85. The third-order valence-corrected chi connectivity index (χ3v) is 3.58. The Morgan fingerprint density at radius 1 is 1.19 bits per heavy atom. The molecule has 5 heteroatoms. The Morgan fingerprint density at radius 3 is 2.52 bits per heavy atom. The van der Waals surface area contributed by atoms with E-state index in [2.05, 4.69) is 21.2 Å². The molecule has 2 aromatic carbocycles. The SMILES string of the molecule is O=C(NC(CO)Cc1ccccc1)c1ccc(Br)cc1O. The van der Waals surface area contributed by atoms with Crippen LogP contribution in [0.4, 0.5) is 0 Å². The summed E-state index contributed by atoms with van der Waals surface area (Å²) in [7, 11) is 0. The molecule has 1 unspecified atom stereocenters. The average Bonchev–Trinajstić information content (AvgIpc) is 2.47. The highest BCUT2D eigenvalue weighted by Crippen LogP contribution is 2.22. The molecule has 0 spiro atoms. The third-order valence-electron chi connectivity index (χ3n) is 3.08. The van der Waals surface area contributed by atoms with Crippen LogP contribution in [0, 0.1) is 0 Å². The average molecular weight is 350 g/mol. The second kappa shape index (κ2) is 7.24. The second-order valence-corrected chi connectivity index (χ2v) is 5.62. The van der Waals surface area contributed by atoms with Crippen molar-refractivity contribution < 1.29 is 15.0 Å². The smallest absolute Gasteiger partial charge is 0.255 e. The molecule has 0 radical (unpaired) electrons. The predicted molar refractivity (Wildman–Crippen MR) is 84.3 cm³/mol. The molecule has 1 amide bonds. The number of nitrogens with one attached hydrogen (secondary N) is 1. The van der Waals surface area contributed by atoms with Gasteiger partial charge in [0.2, 0.25) is 0 Å². The Kier molecular flexibility index (Phi) is 5.36. The molecule has 21 heavy (non-hydrogen) atoms. The molecule has 0 heterocycles. The van der Waals surface area contributed by atoms with E-state index in [1.54, 1.807) is 6.07 Å². The van der Waals surface area contributed by atoms with Crippen molar-refractivity contribution in [1.29, 1.82) is 0 Å². The molecule has 0 fully saturated rings. The van der Waals surface area contributed by atoms with Crippen molar-refractivity contribution in [2.45, 2.75) is 12.5 Å². The molecule has 0 aliphatic heterocycles. The van der Waals surface area contributed by atoms with Crippen LogP contribution in [-0.4, -0.2) is 28.8 Å². The molecule has 2 rings (SSSR count). The molecule has 0 bridgehead atoms. The molecule has 0 saturated heterocycles. The molecule has 110 valence electrons. The Labute approximate surface area is 131 Å². The van der Waals surface area contributed by atoms with Crippen molar-refractivity contribution in [3.05, 3.63) is 64.1 Å². The molecule has 0 aliphatic carbocycles. The van der Waals surface area contributed by atoms with E-state index in [1.165, 1.54) is 12.1 Å². The van der Waals surface area contributed by atoms with Crippen molar-refractivity contribution in [2.24, 2.45) is 0 Å². The van der Waals surface area contributed by atoms with E-state index in [-0.39, 0.29) is 17.9 Å². The van der Waals surface area contributed by atoms with Crippen molar-refractivity contribution in [3.63, 3.8) is 0 Å². The summed E-state index contributed by atoms with van der Waals surface area (Å²) in [5.41, 5.74) is 1.21. The molecule has 0 saturated carbocycles. The van der Waals surface area contributed by atoms with Crippen LogP contribution in [0.25, 0.3) is 0 Å². The number of amides is 1. The topological polar surface area (TPSA) is 69.6 Å². The molecule has 2 aromatic rings. The molecule has 0 aliphatic rings. The van der Waals surface area contributed by atoms with Gasteiger partial charge in [-0.15, -0.1) is 0 Å². The number of aliphatic hydroxyl groups excluding tert-OH is 1. The number of aliphatic hydroxyl groups is 1. The summed E-state index contributed by atoms with van der Waals surface area (Å²) < 4.78 is 0.694. The highest BCUT2D eigenvalue weighted by molar-refractivity contribution is 9.10. The summed E-state index contributed by atoms with van der Waals surface area (Å²) in [4.78, 5) is 12.1. The van der Waals surface area contributed by atoms with Gasteiger partial charge in [0.25, 0.3) is 5.91 Å². The zero-order valence-electron chi connectivity index (χ0n) is 11.3. The zero-order chi connectivity index (χ0) is 15.2. The van der Waals surface area contributed by atoms with Crippen LogP contribution in [-0.2, 0) is 6.42 Å². The minimum absolute atomic E-state index is 0.0988. The van der Waals surface area contributed by atoms with E-state index in [1.807, 2.05) is 30.3 Å². The monoisotopic (exact) mass is 349 g/mol. The highest BCUT2D eigenvalue weighted by atomic mass is 79.9. The number of hydrogen-bond acceptors (Lipinski definition) is 3. The van der Waals surface area contributed by atoms with Crippen molar-refractivity contribution in [1.82, 2.24) is 5.32 Å². The largest absolute Gasteiger partial charge is 0.507 e. The van der Waals surface area contributed by atoms with Gasteiger partial charge in [0.1, 0.15) is 5.75 Å². The molecule has 4 nitrogen and oxygen atoms in total. The summed E-state index contributed by atoms with van der Waals surface area (Å²) in [6.45, 7) is -0.169. The van der Waals surface area contributed by atoms with Crippen LogP contribution in [0.3, 0.4) is 0 Å². The van der Waals surface area contributed by atoms with Crippen molar-refractivity contribution in [2.75, 3.05) is 6.61 Å². The number of phenols is 1. The zero-order valence-corrected chi connectivity index (χ0v) is 12.9. The van der Waals surface area contributed by atoms with E-state index in [9.17, 15) is 15.0 Å². The lowest BCUT2D eigenvalue weighted by Crippen LogP contribution is -2.39. The van der Waals surface area contributed by atoms with Crippen LogP contribution >= 0.6 is 15.9 Å². The second-order valence-electron chi connectivity index (χ2n) is 4.70. The fourth-order valence-corrected chi connectivity index (χ4v) is 2.37. The summed E-state index contributed by atoms with van der Waals surface area (Å²) in [6, 6.07) is 13.9. The normalized spacial score (nSPS) is 11.9. The number of carbonyl (C=O) groups excluding carboxylic acids is 1. The van der Waals surface area contributed by atoms with Gasteiger partial charge >= 0.3 is 0 Å². The number of carbonyl (C=O) groups is 1. The summed E-state index contributed by atoms with van der Waals surface area (Å²) in [5, 5.41) is 21.9. The first-order chi connectivity index (χ1) is 10.1. The fraction of sp³-hybridized carbons (Fsp3) is 0.188. The van der Waals surface area contributed by atoms with Crippen LogP contribution in [0.1, 0.15) is 15.9 Å². The standard InChI is InChI=1S/C16H16BrNO3/c17-12-6-7-14(15(20)9-12)16(21)18-13(10-19)8-11-4-2-1-3-5-11/h1-7,9,13,19-20H,8,10H2,(H,18,21). The number of halogens is 1. The van der Waals surface area contributed by atoms with Gasteiger partial charge in [-0.3, -0.25) is 4.79 Å². The number of benzene rings is 2. The van der Waals surface area contributed by atoms with Gasteiger partial charge in [-0.05, 0) is 30.2 Å². The van der Waals surface area contributed by atoms with Gasteiger partial charge in [0, 0.05) is 4.47 Å². The van der Waals surface area contributed by atoms with Gasteiger partial charge in [0.15, 0.2) is 0 Å². The number of rotatable bonds is 5. The lowest BCUT2D eigenvalue weighted by Gasteiger charge is -2.17. The first-order valence-corrected chi connectivity index (χ1v) is 7.33. The Bertz CT molecular complexity index is 616. The maximum absolute atomic E-state index is 12.1. The fourth-order valence-electron chi connectivity index (χ4n) is 2.02. The van der Waals surface area contributed by atoms with Gasteiger partial charge in [0.05, 0.1) is 18.2 Å². The lowest BCUT2D eigenvalue weighted by atomic mass is 10.1. The van der Waals surface area contributed by atoms with E-state index >= 15 is 0 Å². The molecule has 0 aromatic heterocycles. The van der Waals surface area contributed by atoms with E-state index in [0.29, 0.717) is 10.9 Å². The van der Waals surface area contributed by atoms with Crippen LogP contribution in [0.15, 0.2) is 53.0 Å². The molecule has 1 atom stereocenters. The molecular weight excluding hydrogens is 334 g/mol. The van der Waals surface area contributed by atoms with Gasteiger partial charge in [-0.1, -0.05) is 46.3 Å². The van der Waals surface area contributed by atoms with Crippen molar-refractivity contribution in [3.8, 4) is 5.75 Å². The third kappa shape index (κ3) is 4.31. The predicted octanol–water partition coefficient (Wildman–Crippen LogP) is 2.49. The number of hydrogen-bond donors (Lipinski definition) is 3. The minimum atomic E-state index is -0.407. The van der Waals surface area contributed by atoms with Gasteiger partial charge in [-0.2, -0.15) is 0 Å². The maximum Gasteiger partial charge on any atom is 0.255 e. The minimum Gasteiger partial charge on any atom is -0.507 e. The van der Waals surface area contributed by atoms with Crippen LogP contribution in [0.2, 0.25) is 0 Å². The first-order valence-electron chi connectivity index (χ1n) is 6.54. The summed E-state index contributed by atoms with van der Waals surface area (Å²) in [6.07, 6.45) is 0.528. The van der Waals surface area contributed by atoms with Crippen LogP contribution in [0.5, 0.6) is 5.75 Å². The van der Waals surface area contributed by atoms with E-state index in [4.69, 9.17) is 0 Å². The first kappa shape index (κ1) is 15.5. The van der Waals surface area contributed by atoms with E-state index in [0.717, 1.165) is 5.56 Å². The van der Waals surface area contributed by atoms with Crippen molar-refractivity contribution >= 4 is 21.8 Å². The van der Waals surface area contributed by atoms with Crippen LogP contribution < -0.4 is 5.32 Å². The quantitative estimate of drug-likeness (QED) is 0.776. The molecular formula is C16H16BrNO3. The molecule has 3 N–H and O–H groups in total. The number of phenolic OH excluding ortho intramolecular Hbond substituents is 1. The summed E-state index contributed by atoms with van der Waals surface area (Å²) >= 11 is 3.22. The number of aromatic hydroxyl groups is 1. The highest BCUT2D eigenvalue weighted by Gasteiger charge is 2.16. The Morgan fingerprint density at radius 2 is 1.90 bits per heavy atom. The summed E-state index contributed by atoms with van der Waals surface area (Å²) in [5.74, 6) is -0.506. The lowest BCUT2D eigenvalue weighted by molar-refractivity contribution is 0.0914.